The van der Waals surface area contributed by atoms with Crippen LogP contribution in [0.4, 0.5) is 5.69 Å². The van der Waals surface area contributed by atoms with E-state index in [0.29, 0.717) is 0 Å². The normalized spacial score (nSPS) is 9.91. The zero-order valence-corrected chi connectivity index (χ0v) is 11.9. The Kier molecular flexibility index (Phi) is 4.57. The summed E-state index contributed by atoms with van der Waals surface area (Å²) in [6, 6.07) is 10.4. The predicted octanol–water partition coefficient (Wildman–Crippen LogP) is 3.18. The number of nitrogens with zero attached hydrogens (tertiary/aromatic N) is 1. The molecule has 0 atom stereocenters. The van der Waals surface area contributed by atoms with Gasteiger partial charge >= 0.3 is 11.7 Å². The first-order valence-corrected chi connectivity index (χ1v) is 6.24. The van der Waals surface area contributed by atoms with E-state index in [1.807, 2.05) is 0 Å². The number of carbonyl (C=O) groups excluding carboxylic acids is 1. The number of carbonyl (C=O) groups is 1. The lowest BCUT2D eigenvalue weighted by molar-refractivity contribution is -0.385. The number of esters is 1. The third kappa shape index (κ3) is 3.14. The molecule has 0 unspecified atom stereocenters. The summed E-state index contributed by atoms with van der Waals surface area (Å²) in [5.74, 6) is 0.0812. The second kappa shape index (κ2) is 6.57. The van der Waals surface area contributed by atoms with Gasteiger partial charge < -0.3 is 14.2 Å². The van der Waals surface area contributed by atoms with Crippen LogP contribution < -0.4 is 9.47 Å². The fourth-order valence-corrected chi connectivity index (χ4v) is 1.81. The molecule has 0 bridgehead atoms. The molecule has 0 N–H and O–H groups in total. The maximum atomic E-state index is 11.5. The van der Waals surface area contributed by atoms with Crippen LogP contribution in [0.15, 0.2) is 42.5 Å². The Labute approximate surface area is 126 Å². The number of hydrogen-bond donors (Lipinski definition) is 0. The van der Waals surface area contributed by atoms with Gasteiger partial charge in [0.2, 0.25) is 5.75 Å². The molecule has 22 heavy (non-hydrogen) atoms. The van der Waals surface area contributed by atoms with E-state index in [-0.39, 0.29) is 28.5 Å². The summed E-state index contributed by atoms with van der Waals surface area (Å²) in [5, 5.41) is 11.0. The Balaban J connectivity index is 2.38. The number of rotatable bonds is 5. The molecule has 0 fully saturated rings. The van der Waals surface area contributed by atoms with E-state index in [4.69, 9.17) is 9.47 Å². The molecule has 2 rings (SSSR count). The molecule has 0 aromatic heterocycles. The minimum atomic E-state index is -0.537. The first-order chi connectivity index (χ1) is 10.6. The van der Waals surface area contributed by atoms with Gasteiger partial charge in [0.15, 0.2) is 11.5 Å². The summed E-state index contributed by atoms with van der Waals surface area (Å²) in [7, 11) is 2.68. The molecule has 0 aliphatic heterocycles. The Hall–Kier alpha value is -3.09. The molecule has 0 spiro atoms. The topological polar surface area (TPSA) is 87.9 Å². The van der Waals surface area contributed by atoms with Crippen molar-refractivity contribution in [2.45, 2.75) is 0 Å². The summed E-state index contributed by atoms with van der Waals surface area (Å²) in [6.07, 6.45) is 0. The van der Waals surface area contributed by atoms with Crippen molar-refractivity contribution in [2.75, 3.05) is 14.2 Å². The summed E-state index contributed by atoms with van der Waals surface area (Å²) in [5.41, 5.74) is 0.121. The maximum Gasteiger partial charge on any atom is 0.337 e. The van der Waals surface area contributed by atoms with Crippen LogP contribution in [0.5, 0.6) is 17.2 Å². The van der Waals surface area contributed by atoms with Crippen molar-refractivity contribution < 1.29 is 23.9 Å². The smallest absolute Gasteiger partial charge is 0.337 e. The van der Waals surface area contributed by atoms with Crippen LogP contribution in [0.2, 0.25) is 0 Å². The Morgan fingerprint density at radius 1 is 1.05 bits per heavy atom. The van der Waals surface area contributed by atoms with Crippen molar-refractivity contribution in [3.8, 4) is 17.2 Å². The standard InChI is InChI=1S/C15H13NO6/c1-20-14-9-10(15(17)21-2)7-8-13(14)22-12-6-4-3-5-11(12)16(18)19/h3-9H,1-2H3. The molecular formula is C15H13NO6. The van der Waals surface area contributed by atoms with Gasteiger partial charge in [0.25, 0.3) is 0 Å². The molecule has 7 heteroatoms. The molecule has 0 saturated carbocycles. The van der Waals surface area contributed by atoms with Crippen LogP contribution >= 0.6 is 0 Å². The highest BCUT2D eigenvalue weighted by molar-refractivity contribution is 5.90. The lowest BCUT2D eigenvalue weighted by Gasteiger charge is -2.11. The van der Waals surface area contributed by atoms with Crippen molar-refractivity contribution in [3.63, 3.8) is 0 Å². The quantitative estimate of drug-likeness (QED) is 0.479. The van der Waals surface area contributed by atoms with Crippen molar-refractivity contribution in [2.24, 2.45) is 0 Å². The number of ether oxygens (including phenoxy) is 3. The summed E-state index contributed by atoms with van der Waals surface area (Å²) >= 11 is 0. The maximum absolute atomic E-state index is 11.5. The molecule has 114 valence electrons. The van der Waals surface area contributed by atoms with Gasteiger partial charge in [0.05, 0.1) is 24.7 Å². The van der Waals surface area contributed by atoms with Gasteiger partial charge in [-0.25, -0.2) is 4.79 Å². The molecule has 2 aromatic rings. The van der Waals surface area contributed by atoms with Crippen molar-refractivity contribution in [3.05, 3.63) is 58.1 Å². The van der Waals surface area contributed by atoms with Gasteiger partial charge in [0.1, 0.15) is 0 Å². The van der Waals surface area contributed by atoms with Crippen LogP contribution in [-0.2, 0) is 4.74 Å². The molecule has 0 aliphatic rings. The van der Waals surface area contributed by atoms with E-state index in [1.165, 1.54) is 44.6 Å². The largest absolute Gasteiger partial charge is 0.493 e. The van der Waals surface area contributed by atoms with Crippen molar-refractivity contribution >= 4 is 11.7 Å². The van der Waals surface area contributed by atoms with E-state index in [9.17, 15) is 14.9 Å². The van der Waals surface area contributed by atoms with Crippen molar-refractivity contribution in [1.29, 1.82) is 0 Å². The molecule has 7 nitrogen and oxygen atoms in total. The summed E-state index contributed by atoms with van der Waals surface area (Å²) < 4.78 is 15.3. The number of hydrogen-bond acceptors (Lipinski definition) is 6. The third-order valence-electron chi connectivity index (χ3n) is 2.87. The van der Waals surface area contributed by atoms with Crippen LogP contribution in [-0.4, -0.2) is 25.1 Å². The average Bonchev–Trinajstić information content (AvgIpc) is 2.54. The second-order valence-electron chi connectivity index (χ2n) is 4.18. The lowest BCUT2D eigenvalue weighted by Crippen LogP contribution is -2.02. The molecule has 0 heterocycles. The number of methoxy groups -OCH3 is 2. The highest BCUT2D eigenvalue weighted by Gasteiger charge is 2.17. The predicted molar refractivity (Wildman–Crippen MR) is 77.5 cm³/mol. The number of para-hydroxylation sites is 2. The van der Waals surface area contributed by atoms with E-state index < -0.39 is 10.9 Å². The van der Waals surface area contributed by atoms with Crippen LogP contribution in [0.25, 0.3) is 0 Å². The van der Waals surface area contributed by atoms with Gasteiger partial charge in [-0.15, -0.1) is 0 Å². The van der Waals surface area contributed by atoms with Crippen LogP contribution in [0.1, 0.15) is 10.4 Å². The van der Waals surface area contributed by atoms with Gasteiger partial charge in [-0.05, 0) is 24.3 Å². The molecule has 2 aromatic carbocycles. The average molecular weight is 303 g/mol. The van der Waals surface area contributed by atoms with Gasteiger partial charge in [-0.3, -0.25) is 10.1 Å². The molecule has 0 amide bonds. The van der Waals surface area contributed by atoms with Crippen molar-refractivity contribution in [1.82, 2.24) is 0 Å². The SMILES string of the molecule is COC(=O)c1ccc(Oc2ccccc2[N+](=O)[O-])c(OC)c1. The summed E-state index contributed by atoms with van der Waals surface area (Å²) in [6.45, 7) is 0. The second-order valence-corrected chi connectivity index (χ2v) is 4.18. The zero-order chi connectivity index (χ0) is 16.1. The van der Waals surface area contributed by atoms with Gasteiger partial charge in [0, 0.05) is 6.07 Å². The number of benzene rings is 2. The minimum absolute atomic E-state index is 0.0802. The Morgan fingerprint density at radius 3 is 2.41 bits per heavy atom. The van der Waals surface area contributed by atoms with Gasteiger partial charge in [-0.2, -0.15) is 0 Å². The highest BCUT2D eigenvalue weighted by Crippen LogP contribution is 2.36. The monoisotopic (exact) mass is 303 g/mol. The highest BCUT2D eigenvalue weighted by atomic mass is 16.6. The lowest BCUT2D eigenvalue weighted by atomic mass is 10.2. The van der Waals surface area contributed by atoms with Gasteiger partial charge in [-0.1, -0.05) is 12.1 Å². The van der Waals surface area contributed by atoms with E-state index in [0.717, 1.165) is 0 Å². The Morgan fingerprint density at radius 2 is 1.77 bits per heavy atom. The molecule has 0 radical (unpaired) electrons. The Bertz CT molecular complexity index is 713. The summed E-state index contributed by atoms with van der Waals surface area (Å²) in [4.78, 5) is 21.9. The van der Waals surface area contributed by atoms with E-state index in [1.54, 1.807) is 12.1 Å². The molecular weight excluding hydrogens is 290 g/mol. The zero-order valence-electron chi connectivity index (χ0n) is 11.9. The van der Waals surface area contributed by atoms with Crippen LogP contribution in [0, 0.1) is 10.1 Å². The third-order valence-corrected chi connectivity index (χ3v) is 2.87. The first kappa shape index (κ1) is 15.3. The number of nitro groups is 1. The van der Waals surface area contributed by atoms with E-state index >= 15 is 0 Å². The molecule has 0 aliphatic carbocycles. The van der Waals surface area contributed by atoms with E-state index in [2.05, 4.69) is 4.74 Å². The minimum Gasteiger partial charge on any atom is -0.493 e. The van der Waals surface area contributed by atoms with Crippen LogP contribution in [0.3, 0.4) is 0 Å². The molecule has 0 saturated heterocycles. The first-order valence-electron chi connectivity index (χ1n) is 6.24. The fraction of sp³-hybridized carbons (Fsp3) is 0.133. The number of nitro benzene ring substituents is 1. The fourth-order valence-electron chi connectivity index (χ4n) is 1.81.